The lowest BCUT2D eigenvalue weighted by Gasteiger charge is -2.20. The summed E-state index contributed by atoms with van der Waals surface area (Å²) in [7, 11) is 0. The standard InChI is InChI=1S/C14H20O7/c1-13(2,12(17)18)5-7-9(15)10(20-11(7)16)8-6-19-14(3,4)21-8/h8,10,15H,5-6H2,1-4H3,(H,17,18)/t8-,10+/m0/s1. The van der Waals surface area contributed by atoms with Gasteiger partial charge in [0.2, 0.25) is 0 Å². The average Bonchev–Trinajstić information content (AvgIpc) is 2.83. The number of esters is 1. The molecule has 0 saturated carbocycles. The van der Waals surface area contributed by atoms with E-state index in [2.05, 4.69) is 0 Å². The van der Waals surface area contributed by atoms with E-state index >= 15 is 0 Å². The molecule has 7 nitrogen and oxygen atoms in total. The van der Waals surface area contributed by atoms with Crippen molar-refractivity contribution < 1.29 is 34.0 Å². The van der Waals surface area contributed by atoms with E-state index in [4.69, 9.17) is 19.3 Å². The van der Waals surface area contributed by atoms with Crippen LogP contribution in [0.3, 0.4) is 0 Å². The summed E-state index contributed by atoms with van der Waals surface area (Å²) in [5.74, 6) is -2.83. The van der Waals surface area contributed by atoms with Gasteiger partial charge in [0.15, 0.2) is 11.9 Å². The zero-order valence-corrected chi connectivity index (χ0v) is 12.5. The maximum atomic E-state index is 11.9. The highest BCUT2D eigenvalue weighted by atomic mass is 16.8. The number of carboxylic acid groups (broad SMARTS) is 1. The quantitative estimate of drug-likeness (QED) is 0.756. The Labute approximate surface area is 122 Å². The van der Waals surface area contributed by atoms with Gasteiger partial charge in [-0.05, 0) is 34.1 Å². The van der Waals surface area contributed by atoms with Crippen molar-refractivity contribution in [2.24, 2.45) is 5.41 Å². The molecular weight excluding hydrogens is 280 g/mol. The van der Waals surface area contributed by atoms with E-state index in [9.17, 15) is 14.7 Å². The van der Waals surface area contributed by atoms with Gasteiger partial charge in [-0.2, -0.15) is 0 Å². The molecule has 7 heteroatoms. The van der Waals surface area contributed by atoms with Gasteiger partial charge in [0.1, 0.15) is 11.9 Å². The van der Waals surface area contributed by atoms with Crippen LogP contribution in [0, 0.1) is 5.41 Å². The average molecular weight is 300 g/mol. The summed E-state index contributed by atoms with van der Waals surface area (Å²) in [6, 6.07) is 0. The Bertz CT molecular complexity index is 503. The van der Waals surface area contributed by atoms with Gasteiger partial charge in [-0.25, -0.2) is 4.79 Å². The van der Waals surface area contributed by atoms with Crippen LogP contribution in [0.25, 0.3) is 0 Å². The Kier molecular flexibility index (Phi) is 3.75. The first-order valence-electron chi connectivity index (χ1n) is 6.72. The number of ether oxygens (including phenoxy) is 3. The second kappa shape index (κ2) is 4.99. The number of hydrogen-bond acceptors (Lipinski definition) is 6. The zero-order valence-electron chi connectivity index (χ0n) is 12.5. The molecule has 0 amide bonds. The number of aliphatic hydroxyl groups excluding tert-OH is 1. The maximum absolute atomic E-state index is 11.9. The molecule has 0 aromatic heterocycles. The summed E-state index contributed by atoms with van der Waals surface area (Å²) in [6.45, 7) is 6.59. The summed E-state index contributed by atoms with van der Waals surface area (Å²) in [5.41, 5.74) is -1.19. The fourth-order valence-electron chi connectivity index (χ4n) is 2.32. The molecule has 2 heterocycles. The van der Waals surface area contributed by atoms with E-state index in [-0.39, 0.29) is 24.4 Å². The topological polar surface area (TPSA) is 102 Å². The number of carboxylic acids is 1. The smallest absolute Gasteiger partial charge is 0.338 e. The molecule has 2 N–H and O–H groups in total. The Morgan fingerprint density at radius 2 is 2.05 bits per heavy atom. The van der Waals surface area contributed by atoms with Crippen molar-refractivity contribution >= 4 is 11.9 Å². The van der Waals surface area contributed by atoms with Crippen molar-refractivity contribution in [2.75, 3.05) is 6.61 Å². The number of aliphatic hydroxyl groups is 1. The van der Waals surface area contributed by atoms with Gasteiger partial charge in [-0.15, -0.1) is 0 Å². The molecule has 0 bridgehead atoms. The summed E-state index contributed by atoms with van der Waals surface area (Å²) in [4.78, 5) is 23.0. The van der Waals surface area contributed by atoms with Gasteiger partial charge in [0.25, 0.3) is 0 Å². The van der Waals surface area contributed by atoms with Crippen LogP contribution in [0.2, 0.25) is 0 Å². The Hall–Kier alpha value is -1.60. The van der Waals surface area contributed by atoms with Crippen LogP contribution in [0.4, 0.5) is 0 Å². The van der Waals surface area contributed by atoms with Crippen LogP contribution >= 0.6 is 0 Å². The van der Waals surface area contributed by atoms with Crippen LogP contribution in [0.5, 0.6) is 0 Å². The fourth-order valence-corrected chi connectivity index (χ4v) is 2.32. The molecule has 0 radical (unpaired) electrons. The molecule has 2 aliphatic rings. The molecule has 2 aliphatic heterocycles. The van der Waals surface area contributed by atoms with Crippen molar-refractivity contribution in [3.05, 3.63) is 11.3 Å². The number of aliphatic carboxylic acids is 1. The lowest BCUT2D eigenvalue weighted by molar-refractivity contribution is -0.162. The normalized spacial score (nSPS) is 28.9. The molecule has 2 atom stereocenters. The first kappa shape index (κ1) is 15.8. The summed E-state index contributed by atoms with van der Waals surface area (Å²) < 4.78 is 16.1. The van der Waals surface area contributed by atoms with Crippen LogP contribution < -0.4 is 0 Å². The molecule has 0 aliphatic carbocycles. The van der Waals surface area contributed by atoms with E-state index in [1.54, 1.807) is 13.8 Å². The van der Waals surface area contributed by atoms with Crippen molar-refractivity contribution in [2.45, 2.75) is 52.1 Å². The predicted octanol–water partition coefficient (Wildman–Crippen LogP) is 1.38. The summed E-state index contributed by atoms with van der Waals surface area (Å²) in [5, 5.41) is 19.3. The van der Waals surface area contributed by atoms with Gasteiger partial charge in [-0.3, -0.25) is 4.79 Å². The highest BCUT2D eigenvalue weighted by Crippen LogP contribution is 2.36. The third-order valence-corrected chi connectivity index (χ3v) is 3.62. The van der Waals surface area contributed by atoms with Crippen LogP contribution in [-0.2, 0) is 23.8 Å². The van der Waals surface area contributed by atoms with Crippen molar-refractivity contribution in [1.29, 1.82) is 0 Å². The predicted molar refractivity (Wildman–Crippen MR) is 70.5 cm³/mol. The molecule has 1 fully saturated rings. The first-order valence-corrected chi connectivity index (χ1v) is 6.72. The molecular formula is C14H20O7. The molecule has 118 valence electrons. The summed E-state index contributed by atoms with van der Waals surface area (Å²) >= 11 is 0. The minimum Gasteiger partial charge on any atom is -0.508 e. The van der Waals surface area contributed by atoms with E-state index in [0.29, 0.717) is 0 Å². The zero-order chi connectivity index (χ0) is 16.0. The van der Waals surface area contributed by atoms with Crippen molar-refractivity contribution in [1.82, 2.24) is 0 Å². The van der Waals surface area contributed by atoms with E-state index in [0.717, 1.165) is 0 Å². The van der Waals surface area contributed by atoms with E-state index in [1.165, 1.54) is 13.8 Å². The molecule has 2 rings (SSSR count). The van der Waals surface area contributed by atoms with Crippen LogP contribution in [-0.4, -0.2) is 46.8 Å². The highest BCUT2D eigenvalue weighted by Gasteiger charge is 2.47. The van der Waals surface area contributed by atoms with Crippen LogP contribution in [0.1, 0.15) is 34.1 Å². The Morgan fingerprint density at radius 1 is 1.43 bits per heavy atom. The first-order chi connectivity index (χ1) is 9.53. The van der Waals surface area contributed by atoms with Crippen molar-refractivity contribution in [3.8, 4) is 0 Å². The number of carbonyl (C=O) groups excluding carboxylic acids is 1. The monoisotopic (exact) mass is 300 g/mol. The van der Waals surface area contributed by atoms with Gasteiger partial charge in [-0.1, -0.05) is 0 Å². The Morgan fingerprint density at radius 3 is 2.52 bits per heavy atom. The van der Waals surface area contributed by atoms with Crippen molar-refractivity contribution in [3.63, 3.8) is 0 Å². The maximum Gasteiger partial charge on any atom is 0.338 e. The largest absolute Gasteiger partial charge is 0.508 e. The lowest BCUT2D eigenvalue weighted by Crippen LogP contribution is -2.32. The number of cyclic esters (lactones) is 1. The highest BCUT2D eigenvalue weighted by molar-refractivity contribution is 5.93. The van der Waals surface area contributed by atoms with Gasteiger partial charge >= 0.3 is 11.9 Å². The van der Waals surface area contributed by atoms with Crippen LogP contribution in [0.15, 0.2) is 11.3 Å². The van der Waals surface area contributed by atoms with E-state index < -0.39 is 35.3 Å². The molecule has 1 saturated heterocycles. The van der Waals surface area contributed by atoms with Gasteiger partial charge in [0, 0.05) is 0 Å². The minimum atomic E-state index is -1.18. The molecule has 0 aromatic carbocycles. The van der Waals surface area contributed by atoms with E-state index in [1.807, 2.05) is 0 Å². The molecule has 21 heavy (non-hydrogen) atoms. The van der Waals surface area contributed by atoms with Gasteiger partial charge in [0.05, 0.1) is 17.6 Å². The minimum absolute atomic E-state index is 0.0132. The number of hydrogen-bond donors (Lipinski definition) is 2. The number of carbonyl (C=O) groups is 2. The Balaban J connectivity index is 2.18. The molecule has 0 unspecified atom stereocenters. The summed E-state index contributed by atoms with van der Waals surface area (Å²) in [6.07, 6.45) is -1.66. The number of rotatable bonds is 4. The second-order valence-corrected chi connectivity index (χ2v) is 6.42. The molecule has 0 aromatic rings. The molecule has 0 spiro atoms. The second-order valence-electron chi connectivity index (χ2n) is 6.42. The third kappa shape index (κ3) is 3.03. The lowest BCUT2D eigenvalue weighted by atomic mass is 9.85. The SMILES string of the molecule is CC1(C)OC[C@@H]([C@H]2OC(=O)C(CC(C)(C)C(=O)O)=C2O)O1. The fraction of sp³-hybridized carbons (Fsp3) is 0.714. The van der Waals surface area contributed by atoms with Gasteiger partial charge < -0.3 is 24.4 Å². The third-order valence-electron chi connectivity index (χ3n) is 3.62.